The first-order valence-corrected chi connectivity index (χ1v) is 10.0. The molecule has 1 aromatic heterocycles. The number of furan rings is 1. The Bertz CT molecular complexity index is 880. The lowest BCUT2D eigenvalue weighted by Crippen LogP contribution is -2.17. The number of unbranched alkanes of at least 4 members (excludes halogenated alkanes) is 1. The van der Waals surface area contributed by atoms with Crippen molar-refractivity contribution < 1.29 is 22.4 Å². The van der Waals surface area contributed by atoms with E-state index >= 15 is 0 Å². The number of hydrogen-bond donors (Lipinski definition) is 1. The molecule has 25 heavy (non-hydrogen) atoms. The van der Waals surface area contributed by atoms with E-state index in [-0.39, 0.29) is 11.9 Å². The molecular weight excluding hydrogens is 342 g/mol. The summed E-state index contributed by atoms with van der Waals surface area (Å²) in [6.45, 7) is 8.96. The van der Waals surface area contributed by atoms with Crippen LogP contribution in [-0.4, -0.2) is 26.2 Å². The first-order chi connectivity index (χ1) is 11.6. The van der Waals surface area contributed by atoms with Crippen molar-refractivity contribution in [3.8, 4) is 0 Å². The summed E-state index contributed by atoms with van der Waals surface area (Å²) in [5.74, 6) is 0.0362. The number of esters is 1. The Hall–Kier alpha value is -2.02. The highest BCUT2D eigenvalue weighted by Gasteiger charge is 2.22. The van der Waals surface area contributed by atoms with Crippen LogP contribution in [0, 0.1) is 13.8 Å². The van der Waals surface area contributed by atoms with Gasteiger partial charge in [0.1, 0.15) is 16.9 Å². The van der Waals surface area contributed by atoms with Crippen molar-refractivity contribution in [1.82, 2.24) is 0 Å². The zero-order valence-electron chi connectivity index (χ0n) is 15.3. The molecule has 0 saturated heterocycles. The van der Waals surface area contributed by atoms with Gasteiger partial charge in [-0.2, -0.15) is 0 Å². The molecule has 7 heteroatoms. The number of rotatable bonds is 7. The van der Waals surface area contributed by atoms with Gasteiger partial charge in [0.2, 0.25) is 10.0 Å². The minimum atomic E-state index is -3.43. The number of carbonyl (C=O) groups excluding carboxylic acids is 1. The molecule has 0 aliphatic rings. The number of hydrogen-bond acceptors (Lipinski definition) is 5. The fourth-order valence-corrected chi connectivity index (χ4v) is 3.88. The molecular formula is C18H25NO5S. The van der Waals surface area contributed by atoms with Gasteiger partial charge in [-0.25, -0.2) is 13.2 Å². The summed E-state index contributed by atoms with van der Waals surface area (Å²) >= 11 is 0. The summed E-state index contributed by atoms with van der Waals surface area (Å²) in [5, 5.41) is 0.543. The first kappa shape index (κ1) is 19.3. The summed E-state index contributed by atoms with van der Waals surface area (Å²) in [7, 11) is -3.43. The van der Waals surface area contributed by atoms with Gasteiger partial charge in [-0.05, 0) is 51.8 Å². The maximum atomic E-state index is 12.4. The second-order valence-corrected chi connectivity index (χ2v) is 8.27. The molecule has 0 atom stereocenters. The molecule has 1 heterocycles. The average Bonchev–Trinajstić information content (AvgIpc) is 2.79. The topological polar surface area (TPSA) is 85.6 Å². The average molecular weight is 367 g/mol. The summed E-state index contributed by atoms with van der Waals surface area (Å²) in [6.07, 6.45) is 1.13. The predicted molar refractivity (Wildman–Crippen MR) is 98.6 cm³/mol. The predicted octanol–water partition coefficient (Wildman–Crippen LogP) is 4.16. The third-order valence-electron chi connectivity index (χ3n) is 3.79. The second-order valence-electron chi connectivity index (χ2n) is 6.43. The maximum absolute atomic E-state index is 12.4. The van der Waals surface area contributed by atoms with Gasteiger partial charge < -0.3 is 9.15 Å². The molecule has 0 aliphatic carbocycles. The molecule has 0 fully saturated rings. The lowest BCUT2D eigenvalue weighted by atomic mass is 10.1. The highest BCUT2D eigenvalue weighted by molar-refractivity contribution is 7.92. The van der Waals surface area contributed by atoms with Gasteiger partial charge in [0.05, 0.1) is 17.5 Å². The Morgan fingerprint density at radius 1 is 1.28 bits per heavy atom. The fourth-order valence-electron chi connectivity index (χ4n) is 2.56. The number of ether oxygens (including phenoxy) is 1. The Labute approximate surface area is 148 Å². The number of nitrogens with one attached hydrogen (secondary N) is 1. The van der Waals surface area contributed by atoms with Crippen molar-refractivity contribution in [3.63, 3.8) is 0 Å². The van der Waals surface area contributed by atoms with Crippen LogP contribution in [0.3, 0.4) is 0 Å². The lowest BCUT2D eigenvalue weighted by molar-refractivity contribution is 0.0378. The Morgan fingerprint density at radius 2 is 1.96 bits per heavy atom. The van der Waals surface area contributed by atoms with Crippen LogP contribution in [0.4, 0.5) is 5.69 Å². The second kappa shape index (κ2) is 7.47. The normalized spacial score (nSPS) is 11.9. The van der Waals surface area contributed by atoms with Crippen LogP contribution < -0.4 is 4.72 Å². The first-order valence-electron chi connectivity index (χ1n) is 8.39. The van der Waals surface area contributed by atoms with E-state index in [0.717, 1.165) is 12.0 Å². The molecule has 0 saturated carbocycles. The summed E-state index contributed by atoms with van der Waals surface area (Å²) in [4.78, 5) is 12.4. The molecule has 0 bridgehead atoms. The van der Waals surface area contributed by atoms with E-state index in [2.05, 4.69) is 4.72 Å². The standard InChI is InChI=1S/C18H25NO5S/c1-6-7-8-25(21,22)19-15-10-14-16(9-12(15)4)24-13(5)17(14)18(20)23-11(2)3/h9-11,19H,6-8H2,1-5H3. The Kier molecular flexibility index (Phi) is 5.77. The van der Waals surface area contributed by atoms with E-state index in [0.29, 0.717) is 34.4 Å². The number of sulfonamides is 1. The zero-order valence-corrected chi connectivity index (χ0v) is 16.1. The van der Waals surface area contributed by atoms with Gasteiger partial charge in [-0.3, -0.25) is 4.72 Å². The quantitative estimate of drug-likeness (QED) is 0.743. The SMILES string of the molecule is CCCCS(=O)(=O)Nc1cc2c(C(=O)OC(C)C)c(C)oc2cc1C. The summed E-state index contributed by atoms with van der Waals surface area (Å²) in [5.41, 5.74) is 2.04. The van der Waals surface area contributed by atoms with Crippen molar-refractivity contribution in [2.45, 2.75) is 53.6 Å². The van der Waals surface area contributed by atoms with E-state index in [4.69, 9.17) is 9.15 Å². The highest BCUT2D eigenvalue weighted by atomic mass is 32.2. The molecule has 1 aromatic carbocycles. The molecule has 0 aliphatic heterocycles. The molecule has 138 valence electrons. The van der Waals surface area contributed by atoms with Crippen LogP contribution in [0.1, 0.15) is 55.3 Å². The number of benzene rings is 1. The van der Waals surface area contributed by atoms with Crippen molar-refractivity contribution in [3.05, 3.63) is 29.0 Å². The van der Waals surface area contributed by atoms with Crippen molar-refractivity contribution in [1.29, 1.82) is 0 Å². The van der Waals surface area contributed by atoms with Gasteiger partial charge in [-0.15, -0.1) is 0 Å². The van der Waals surface area contributed by atoms with E-state index in [9.17, 15) is 13.2 Å². The molecule has 0 unspecified atom stereocenters. The van der Waals surface area contributed by atoms with Crippen molar-refractivity contribution >= 4 is 32.6 Å². The van der Waals surface area contributed by atoms with E-state index in [1.807, 2.05) is 6.92 Å². The van der Waals surface area contributed by atoms with Gasteiger partial charge in [0, 0.05) is 5.39 Å². The third-order valence-corrected chi connectivity index (χ3v) is 5.15. The van der Waals surface area contributed by atoms with Crippen molar-refractivity contribution in [2.75, 3.05) is 10.5 Å². The number of aryl methyl sites for hydroxylation is 2. The molecule has 1 N–H and O–H groups in total. The molecule has 0 amide bonds. The third kappa shape index (κ3) is 4.54. The fraction of sp³-hybridized carbons (Fsp3) is 0.500. The summed E-state index contributed by atoms with van der Waals surface area (Å²) in [6, 6.07) is 3.37. The largest absolute Gasteiger partial charge is 0.460 e. The molecule has 2 rings (SSSR count). The number of carbonyl (C=O) groups is 1. The number of anilines is 1. The van der Waals surface area contributed by atoms with Crippen LogP contribution in [0.5, 0.6) is 0 Å². The minimum Gasteiger partial charge on any atom is -0.460 e. The molecule has 6 nitrogen and oxygen atoms in total. The molecule has 0 spiro atoms. The lowest BCUT2D eigenvalue weighted by Gasteiger charge is -2.11. The molecule has 2 aromatic rings. The van der Waals surface area contributed by atoms with Crippen LogP contribution in [0.2, 0.25) is 0 Å². The van der Waals surface area contributed by atoms with E-state index in [1.165, 1.54) is 0 Å². The van der Waals surface area contributed by atoms with E-state index < -0.39 is 16.0 Å². The molecule has 0 radical (unpaired) electrons. The van der Waals surface area contributed by atoms with Crippen LogP contribution >= 0.6 is 0 Å². The monoisotopic (exact) mass is 367 g/mol. The Morgan fingerprint density at radius 3 is 2.56 bits per heavy atom. The summed E-state index contributed by atoms with van der Waals surface area (Å²) < 4.78 is 37.9. The van der Waals surface area contributed by atoms with Crippen molar-refractivity contribution in [2.24, 2.45) is 0 Å². The van der Waals surface area contributed by atoms with Gasteiger partial charge in [0.15, 0.2) is 0 Å². The minimum absolute atomic E-state index is 0.0631. The van der Waals surface area contributed by atoms with Gasteiger partial charge >= 0.3 is 5.97 Å². The maximum Gasteiger partial charge on any atom is 0.342 e. The zero-order chi connectivity index (χ0) is 18.8. The van der Waals surface area contributed by atoms with Gasteiger partial charge in [0.25, 0.3) is 0 Å². The highest BCUT2D eigenvalue weighted by Crippen LogP contribution is 2.31. The number of fused-ring (bicyclic) bond motifs is 1. The van der Waals surface area contributed by atoms with E-state index in [1.54, 1.807) is 39.8 Å². The van der Waals surface area contributed by atoms with Crippen LogP contribution in [-0.2, 0) is 14.8 Å². The van der Waals surface area contributed by atoms with Crippen LogP contribution in [0.25, 0.3) is 11.0 Å². The van der Waals surface area contributed by atoms with Gasteiger partial charge in [-0.1, -0.05) is 13.3 Å². The Balaban J connectivity index is 2.47. The van der Waals surface area contributed by atoms with Crippen LogP contribution in [0.15, 0.2) is 16.5 Å². The smallest absolute Gasteiger partial charge is 0.342 e.